The van der Waals surface area contributed by atoms with Crippen molar-refractivity contribution in [2.45, 2.75) is 65.5 Å². The Kier molecular flexibility index (Phi) is 5.90. The maximum atomic E-state index is 3.50. The first-order valence-corrected chi connectivity index (χ1v) is 8.33. The monoisotopic (exact) mass is 274 g/mol. The summed E-state index contributed by atoms with van der Waals surface area (Å²) in [5.41, 5.74) is 4.29. The molecule has 1 aromatic rings. The van der Waals surface area contributed by atoms with E-state index in [2.05, 4.69) is 49.2 Å². The number of hydrogen-bond acceptors (Lipinski definition) is 2. The Balaban J connectivity index is 2.02. The van der Waals surface area contributed by atoms with Crippen LogP contribution in [0.4, 0.5) is 5.69 Å². The Bertz CT molecular complexity index is 410. The van der Waals surface area contributed by atoms with Gasteiger partial charge in [-0.25, -0.2) is 0 Å². The molecule has 1 aliphatic rings. The van der Waals surface area contributed by atoms with Crippen molar-refractivity contribution in [2.75, 3.05) is 18.0 Å². The molecule has 0 aliphatic heterocycles. The second-order valence-corrected chi connectivity index (χ2v) is 6.07. The van der Waals surface area contributed by atoms with Crippen molar-refractivity contribution >= 4 is 5.69 Å². The molecule has 0 amide bonds. The van der Waals surface area contributed by atoms with Gasteiger partial charge in [-0.1, -0.05) is 26.3 Å². The largest absolute Gasteiger partial charge is 0.369 e. The van der Waals surface area contributed by atoms with Gasteiger partial charge >= 0.3 is 0 Å². The molecular formula is C18H30N2. The van der Waals surface area contributed by atoms with Crippen molar-refractivity contribution in [1.29, 1.82) is 0 Å². The lowest BCUT2D eigenvalue weighted by molar-refractivity contribution is 0.672. The average molecular weight is 274 g/mol. The zero-order valence-corrected chi connectivity index (χ0v) is 13.4. The van der Waals surface area contributed by atoms with Gasteiger partial charge in [-0.05, 0) is 62.4 Å². The summed E-state index contributed by atoms with van der Waals surface area (Å²) in [5, 5.41) is 3.50. The first-order chi connectivity index (χ1) is 9.76. The average Bonchev–Trinajstić information content (AvgIpc) is 3.26. The molecule has 1 aliphatic carbocycles. The molecule has 1 fully saturated rings. The molecule has 0 atom stereocenters. The highest BCUT2D eigenvalue weighted by molar-refractivity contribution is 5.52. The van der Waals surface area contributed by atoms with Crippen LogP contribution in [0.2, 0.25) is 0 Å². The van der Waals surface area contributed by atoms with Gasteiger partial charge in [0.05, 0.1) is 0 Å². The van der Waals surface area contributed by atoms with E-state index in [9.17, 15) is 0 Å². The van der Waals surface area contributed by atoms with Gasteiger partial charge in [-0.2, -0.15) is 0 Å². The zero-order chi connectivity index (χ0) is 14.4. The summed E-state index contributed by atoms with van der Waals surface area (Å²) in [7, 11) is 0. The highest BCUT2D eigenvalue weighted by Gasteiger charge is 2.28. The van der Waals surface area contributed by atoms with Crippen LogP contribution in [0.5, 0.6) is 0 Å². The van der Waals surface area contributed by atoms with E-state index in [1.165, 1.54) is 55.5 Å². The molecule has 1 aromatic carbocycles. The minimum Gasteiger partial charge on any atom is -0.369 e. The van der Waals surface area contributed by atoms with Crippen LogP contribution in [-0.4, -0.2) is 19.1 Å². The SMILES string of the molecule is CCCCN(c1ccc(CNCCC)c(C)c1)C1CC1. The Hall–Kier alpha value is -1.02. The summed E-state index contributed by atoms with van der Waals surface area (Å²) >= 11 is 0. The van der Waals surface area contributed by atoms with Crippen LogP contribution in [0, 0.1) is 6.92 Å². The number of rotatable bonds is 9. The fourth-order valence-corrected chi connectivity index (χ4v) is 2.69. The van der Waals surface area contributed by atoms with Crippen LogP contribution in [0.25, 0.3) is 0 Å². The van der Waals surface area contributed by atoms with Crippen molar-refractivity contribution in [3.63, 3.8) is 0 Å². The molecule has 0 unspecified atom stereocenters. The molecule has 1 saturated carbocycles. The number of anilines is 1. The summed E-state index contributed by atoms with van der Waals surface area (Å²) in [6.45, 7) is 10.1. The van der Waals surface area contributed by atoms with Crippen LogP contribution in [0.1, 0.15) is 57.1 Å². The lowest BCUT2D eigenvalue weighted by atomic mass is 10.1. The zero-order valence-electron chi connectivity index (χ0n) is 13.4. The molecule has 2 heteroatoms. The summed E-state index contributed by atoms with van der Waals surface area (Å²) in [5.74, 6) is 0. The van der Waals surface area contributed by atoms with Gasteiger partial charge in [0.2, 0.25) is 0 Å². The highest BCUT2D eigenvalue weighted by atomic mass is 15.2. The second kappa shape index (κ2) is 7.68. The van der Waals surface area contributed by atoms with E-state index in [1.807, 2.05) is 0 Å². The molecule has 0 heterocycles. The normalized spacial score (nSPS) is 14.6. The van der Waals surface area contributed by atoms with E-state index < -0.39 is 0 Å². The van der Waals surface area contributed by atoms with E-state index >= 15 is 0 Å². The number of benzene rings is 1. The second-order valence-electron chi connectivity index (χ2n) is 6.07. The van der Waals surface area contributed by atoms with E-state index in [0.717, 1.165) is 19.1 Å². The van der Waals surface area contributed by atoms with Crippen molar-refractivity contribution in [1.82, 2.24) is 5.32 Å². The fraction of sp³-hybridized carbons (Fsp3) is 0.667. The maximum Gasteiger partial charge on any atom is 0.0371 e. The molecule has 0 radical (unpaired) electrons. The van der Waals surface area contributed by atoms with Gasteiger partial charge in [-0.15, -0.1) is 0 Å². The lowest BCUT2D eigenvalue weighted by Gasteiger charge is -2.25. The van der Waals surface area contributed by atoms with Crippen LogP contribution < -0.4 is 10.2 Å². The summed E-state index contributed by atoms with van der Waals surface area (Å²) in [6, 6.07) is 7.83. The topological polar surface area (TPSA) is 15.3 Å². The molecule has 0 aromatic heterocycles. The minimum absolute atomic E-state index is 0.810. The van der Waals surface area contributed by atoms with Crippen LogP contribution in [0.15, 0.2) is 18.2 Å². The Morgan fingerprint density at radius 1 is 1.20 bits per heavy atom. The van der Waals surface area contributed by atoms with Gasteiger partial charge in [0.25, 0.3) is 0 Å². The molecule has 0 saturated heterocycles. The predicted molar refractivity (Wildman–Crippen MR) is 88.5 cm³/mol. The van der Waals surface area contributed by atoms with E-state index in [0.29, 0.717) is 0 Å². The molecular weight excluding hydrogens is 244 g/mol. The standard InChI is InChI=1S/C18H30N2/c1-4-6-12-20(17-9-10-17)18-8-7-16(15(3)13-18)14-19-11-5-2/h7-8,13,17,19H,4-6,9-12,14H2,1-3H3. The molecule has 2 nitrogen and oxygen atoms in total. The Morgan fingerprint density at radius 2 is 2.00 bits per heavy atom. The Morgan fingerprint density at radius 3 is 2.60 bits per heavy atom. The lowest BCUT2D eigenvalue weighted by Crippen LogP contribution is -2.27. The highest BCUT2D eigenvalue weighted by Crippen LogP contribution is 2.32. The molecule has 20 heavy (non-hydrogen) atoms. The van der Waals surface area contributed by atoms with Gasteiger partial charge in [0.1, 0.15) is 0 Å². The van der Waals surface area contributed by atoms with Gasteiger partial charge in [0.15, 0.2) is 0 Å². The third kappa shape index (κ3) is 4.24. The van der Waals surface area contributed by atoms with Crippen molar-refractivity contribution < 1.29 is 0 Å². The summed E-state index contributed by atoms with van der Waals surface area (Å²) in [6.07, 6.45) is 6.53. The number of nitrogens with zero attached hydrogens (tertiary/aromatic N) is 1. The van der Waals surface area contributed by atoms with E-state index in [1.54, 1.807) is 0 Å². The number of unbranched alkanes of at least 4 members (excludes halogenated alkanes) is 1. The van der Waals surface area contributed by atoms with Crippen molar-refractivity contribution in [2.24, 2.45) is 0 Å². The van der Waals surface area contributed by atoms with Gasteiger partial charge < -0.3 is 10.2 Å². The quantitative estimate of drug-likeness (QED) is 0.677. The van der Waals surface area contributed by atoms with E-state index in [-0.39, 0.29) is 0 Å². The predicted octanol–water partition coefficient (Wildman–Crippen LogP) is 4.26. The van der Waals surface area contributed by atoms with Crippen LogP contribution >= 0.6 is 0 Å². The number of aryl methyl sites for hydroxylation is 1. The molecule has 0 spiro atoms. The number of nitrogens with one attached hydrogen (secondary N) is 1. The molecule has 1 N–H and O–H groups in total. The Labute approximate surface area is 124 Å². The summed E-state index contributed by atoms with van der Waals surface area (Å²) in [4.78, 5) is 2.62. The molecule has 112 valence electrons. The van der Waals surface area contributed by atoms with Gasteiger partial charge in [0, 0.05) is 24.8 Å². The van der Waals surface area contributed by atoms with Gasteiger partial charge in [-0.3, -0.25) is 0 Å². The third-order valence-electron chi connectivity index (χ3n) is 4.14. The minimum atomic E-state index is 0.810. The smallest absolute Gasteiger partial charge is 0.0371 e. The molecule has 2 rings (SSSR count). The first kappa shape index (κ1) is 15.4. The number of hydrogen-bond donors (Lipinski definition) is 1. The van der Waals surface area contributed by atoms with Crippen LogP contribution in [0.3, 0.4) is 0 Å². The third-order valence-corrected chi connectivity index (χ3v) is 4.14. The van der Waals surface area contributed by atoms with Crippen molar-refractivity contribution in [3.8, 4) is 0 Å². The first-order valence-electron chi connectivity index (χ1n) is 8.33. The summed E-state index contributed by atoms with van der Waals surface area (Å²) < 4.78 is 0. The fourth-order valence-electron chi connectivity index (χ4n) is 2.69. The van der Waals surface area contributed by atoms with E-state index in [4.69, 9.17) is 0 Å². The maximum absolute atomic E-state index is 3.50. The molecule has 0 bridgehead atoms. The van der Waals surface area contributed by atoms with Crippen molar-refractivity contribution in [3.05, 3.63) is 29.3 Å². The van der Waals surface area contributed by atoms with Crippen LogP contribution in [-0.2, 0) is 6.54 Å².